The number of aromatic nitrogens is 1. The highest BCUT2D eigenvalue weighted by Gasteiger charge is 2.14. The van der Waals surface area contributed by atoms with Crippen molar-refractivity contribution in [3.05, 3.63) is 78.3 Å². The summed E-state index contributed by atoms with van der Waals surface area (Å²) < 4.78 is 24.6. The van der Waals surface area contributed by atoms with Crippen LogP contribution in [0.1, 0.15) is 15.9 Å². The Kier molecular flexibility index (Phi) is 7.57. The molecule has 1 aromatic heterocycles. The number of allylic oxidation sites excluding steroid dienone is 1. The van der Waals surface area contributed by atoms with E-state index in [1.807, 2.05) is 36.5 Å². The van der Waals surface area contributed by atoms with E-state index >= 15 is 0 Å². The Balaban J connectivity index is 1.77. The number of hydrogen-bond donors (Lipinski definition) is 1. The first-order valence-corrected chi connectivity index (χ1v) is 10.0. The van der Waals surface area contributed by atoms with Gasteiger partial charge in [0.15, 0.2) is 0 Å². The number of carbonyl (C=O) groups excluding carboxylic acids is 1. The van der Waals surface area contributed by atoms with Crippen molar-refractivity contribution in [2.75, 3.05) is 34.4 Å². The molecule has 3 aromatic rings. The van der Waals surface area contributed by atoms with Crippen LogP contribution in [-0.4, -0.2) is 56.4 Å². The summed E-state index contributed by atoms with van der Waals surface area (Å²) in [4.78, 5) is 21.6. The molecular formula is C25H26FN3O3. The number of nitrogens with zero attached hydrogens (tertiary/aromatic N) is 2. The lowest BCUT2D eigenvalue weighted by Gasteiger charge is -2.17. The smallest absolute Gasteiger partial charge is 0.253 e. The number of aromatic amines is 1. The van der Waals surface area contributed by atoms with Gasteiger partial charge >= 0.3 is 0 Å². The Morgan fingerprint density at radius 3 is 2.69 bits per heavy atom. The molecule has 0 bridgehead atoms. The van der Waals surface area contributed by atoms with Gasteiger partial charge < -0.3 is 19.4 Å². The second-order valence-electron chi connectivity index (χ2n) is 7.21. The average Bonchev–Trinajstić information content (AvgIpc) is 3.28. The molecule has 0 aliphatic rings. The first-order valence-electron chi connectivity index (χ1n) is 10.0. The predicted molar refractivity (Wildman–Crippen MR) is 125 cm³/mol. The molecule has 0 spiro atoms. The fraction of sp³-hybridized carbons (Fsp3) is 0.200. The number of H-pyrrole nitrogens is 1. The Morgan fingerprint density at radius 1 is 1.19 bits per heavy atom. The lowest BCUT2D eigenvalue weighted by molar-refractivity contribution is 0.0743. The highest BCUT2D eigenvalue weighted by Crippen LogP contribution is 2.31. The zero-order valence-corrected chi connectivity index (χ0v) is 18.4. The fourth-order valence-electron chi connectivity index (χ4n) is 3.17. The van der Waals surface area contributed by atoms with Crippen LogP contribution in [0.2, 0.25) is 0 Å². The van der Waals surface area contributed by atoms with E-state index in [0.29, 0.717) is 30.1 Å². The third-order valence-electron chi connectivity index (χ3n) is 4.94. The zero-order valence-electron chi connectivity index (χ0n) is 18.4. The minimum Gasteiger partial charge on any atom is -0.496 e. The number of aliphatic imine (C=N–C) groups is 1. The van der Waals surface area contributed by atoms with E-state index in [-0.39, 0.29) is 11.5 Å². The van der Waals surface area contributed by atoms with Gasteiger partial charge in [-0.15, -0.1) is 0 Å². The van der Waals surface area contributed by atoms with Gasteiger partial charge in [-0.2, -0.15) is 0 Å². The summed E-state index contributed by atoms with van der Waals surface area (Å²) in [5.74, 6) is 0.565. The number of benzene rings is 2. The van der Waals surface area contributed by atoms with Crippen LogP contribution in [0.3, 0.4) is 0 Å². The molecule has 0 saturated carbocycles. The Labute approximate surface area is 187 Å². The summed E-state index contributed by atoms with van der Waals surface area (Å²) in [6.07, 6.45) is 3.37. The van der Waals surface area contributed by atoms with Gasteiger partial charge in [-0.1, -0.05) is 24.8 Å². The molecule has 0 aliphatic heterocycles. The van der Waals surface area contributed by atoms with E-state index in [1.54, 1.807) is 27.3 Å². The molecule has 6 nitrogen and oxygen atoms in total. The number of rotatable bonds is 9. The number of carbonyl (C=O) groups is 1. The minimum absolute atomic E-state index is 0.242. The molecule has 0 fully saturated rings. The van der Waals surface area contributed by atoms with E-state index in [9.17, 15) is 9.18 Å². The lowest BCUT2D eigenvalue weighted by atomic mass is 10.0. The van der Waals surface area contributed by atoms with Crippen LogP contribution < -0.4 is 4.74 Å². The number of halogens is 1. The summed E-state index contributed by atoms with van der Waals surface area (Å²) in [5, 5.41) is 0. The van der Waals surface area contributed by atoms with Gasteiger partial charge in [0, 0.05) is 49.8 Å². The number of nitrogens with one attached hydrogen (secondary N) is 1. The maximum Gasteiger partial charge on any atom is 0.253 e. The van der Waals surface area contributed by atoms with E-state index in [1.165, 1.54) is 23.2 Å². The van der Waals surface area contributed by atoms with Crippen LogP contribution in [0.5, 0.6) is 5.75 Å². The van der Waals surface area contributed by atoms with Crippen LogP contribution in [-0.2, 0) is 4.74 Å². The van der Waals surface area contributed by atoms with Crippen molar-refractivity contribution in [1.82, 2.24) is 9.88 Å². The van der Waals surface area contributed by atoms with Crippen molar-refractivity contribution in [1.29, 1.82) is 0 Å². The summed E-state index contributed by atoms with van der Waals surface area (Å²) >= 11 is 0. The quantitative estimate of drug-likeness (QED) is 0.483. The molecule has 0 atom stereocenters. The fourth-order valence-corrected chi connectivity index (χ4v) is 3.17. The molecule has 166 valence electrons. The Hall–Kier alpha value is -3.71. The highest BCUT2D eigenvalue weighted by atomic mass is 19.1. The summed E-state index contributed by atoms with van der Waals surface area (Å²) in [7, 11) is 4.83. The molecule has 1 N–H and O–H groups in total. The Morgan fingerprint density at radius 2 is 1.94 bits per heavy atom. The van der Waals surface area contributed by atoms with Crippen molar-refractivity contribution in [2.24, 2.45) is 4.99 Å². The zero-order chi connectivity index (χ0) is 23.1. The molecule has 7 heteroatoms. The number of hydrogen-bond acceptors (Lipinski definition) is 4. The molecule has 3 rings (SSSR count). The third kappa shape index (κ3) is 5.50. The molecule has 0 radical (unpaired) electrons. The van der Waals surface area contributed by atoms with E-state index in [2.05, 4.69) is 16.6 Å². The molecule has 0 unspecified atom stereocenters. The van der Waals surface area contributed by atoms with Gasteiger partial charge in [0.25, 0.3) is 5.91 Å². The summed E-state index contributed by atoms with van der Waals surface area (Å²) in [5.41, 5.74) is 3.07. The molecule has 1 amide bonds. The lowest BCUT2D eigenvalue weighted by Crippen LogP contribution is -2.30. The largest absolute Gasteiger partial charge is 0.496 e. The van der Waals surface area contributed by atoms with E-state index in [4.69, 9.17) is 9.47 Å². The first kappa shape index (κ1) is 23.0. The van der Waals surface area contributed by atoms with Gasteiger partial charge in [-0.3, -0.25) is 4.79 Å². The van der Waals surface area contributed by atoms with Gasteiger partial charge in [0.1, 0.15) is 17.4 Å². The second kappa shape index (κ2) is 10.5. The van der Waals surface area contributed by atoms with Crippen molar-refractivity contribution in [2.45, 2.75) is 0 Å². The summed E-state index contributed by atoms with van der Waals surface area (Å²) in [6, 6.07) is 13.7. The van der Waals surface area contributed by atoms with Crippen molar-refractivity contribution >= 4 is 23.5 Å². The standard InChI is InChI=1S/C25H26FN3O3/c1-17(18-11-19(13-21(26)12-18)25(30)29(2)9-10-31-3)15-27-24-14-20(16-28-24)22-7-5-6-8-23(22)32-4/h5-8,11-16,28H,1,9-10H2,2-4H3/b27-15-. The van der Waals surface area contributed by atoms with Crippen LogP contribution in [0.25, 0.3) is 16.7 Å². The molecule has 0 aliphatic carbocycles. The SMILES string of the molecule is C=C(/C=N\c1cc(-c2ccccc2OC)c[nH]1)c1cc(F)cc(C(=O)N(C)CCOC)c1. The van der Waals surface area contributed by atoms with Gasteiger partial charge in [0.2, 0.25) is 0 Å². The number of methoxy groups -OCH3 is 2. The minimum atomic E-state index is -0.515. The van der Waals surface area contributed by atoms with Crippen LogP contribution >= 0.6 is 0 Å². The monoisotopic (exact) mass is 435 g/mol. The molecule has 1 heterocycles. The maximum absolute atomic E-state index is 14.2. The highest BCUT2D eigenvalue weighted by molar-refractivity contribution is 6.10. The van der Waals surface area contributed by atoms with Crippen molar-refractivity contribution in [3.63, 3.8) is 0 Å². The summed E-state index contributed by atoms with van der Waals surface area (Å²) in [6.45, 7) is 4.78. The van der Waals surface area contributed by atoms with Crippen LogP contribution in [0.15, 0.2) is 66.3 Å². The first-order chi connectivity index (χ1) is 15.4. The molecule has 32 heavy (non-hydrogen) atoms. The van der Waals surface area contributed by atoms with Crippen molar-refractivity contribution in [3.8, 4) is 16.9 Å². The van der Waals surface area contributed by atoms with Crippen molar-refractivity contribution < 1.29 is 18.7 Å². The number of amides is 1. The maximum atomic E-state index is 14.2. The third-order valence-corrected chi connectivity index (χ3v) is 4.94. The number of ether oxygens (including phenoxy) is 2. The van der Waals surface area contributed by atoms with Gasteiger partial charge in [-0.25, -0.2) is 9.38 Å². The number of para-hydroxylation sites is 1. The van der Waals surface area contributed by atoms with E-state index in [0.717, 1.165) is 16.9 Å². The molecular weight excluding hydrogens is 409 g/mol. The van der Waals surface area contributed by atoms with Crippen LogP contribution in [0, 0.1) is 5.82 Å². The number of likely N-dealkylation sites (N-methyl/N-ethyl adjacent to an activating group) is 1. The molecule has 2 aromatic carbocycles. The van der Waals surface area contributed by atoms with E-state index < -0.39 is 5.82 Å². The predicted octanol–water partition coefficient (Wildman–Crippen LogP) is 4.96. The molecule has 0 saturated heterocycles. The van der Waals surface area contributed by atoms with Gasteiger partial charge in [0.05, 0.1) is 13.7 Å². The average molecular weight is 435 g/mol. The topological polar surface area (TPSA) is 66.9 Å². The Bertz CT molecular complexity index is 1140. The van der Waals surface area contributed by atoms with Crippen LogP contribution in [0.4, 0.5) is 10.2 Å². The normalized spacial score (nSPS) is 11.0. The second-order valence-corrected chi connectivity index (χ2v) is 7.21. The van der Waals surface area contributed by atoms with Gasteiger partial charge in [-0.05, 0) is 41.5 Å².